The van der Waals surface area contributed by atoms with Crippen LogP contribution in [0.15, 0.2) is 57.7 Å². The summed E-state index contributed by atoms with van der Waals surface area (Å²) in [6.45, 7) is 4.62. The fraction of sp³-hybridized carbons (Fsp3) is 0.360. The molecule has 1 atom stereocenters. The Kier molecular flexibility index (Phi) is 6.73. The fourth-order valence-electron chi connectivity index (χ4n) is 4.18. The molecule has 0 aliphatic carbocycles. The molecule has 0 radical (unpaired) electrons. The maximum Gasteiger partial charge on any atom is 0.287 e. The van der Waals surface area contributed by atoms with Crippen molar-refractivity contribution in [2.75, 3.05) is 19.6 Å². The van der Waals surface area contributed by atoms with Gasteiger partial charge in [0.15, 0.2) is 11.2 Å². The predicted octanol–water partition coefficient (Wildman–Crippen LogP) is 4.97. The molecule has 31 heavy (non-hydrogen) atoms. The molecular weight excluding hydrogens is 412 g/mol. The number of rotatable bonds is 6. The fourth-order valence-corrected chi connectivity index (χ4v) is 4.35. The molecule has 1 aromatic heterocycles. The average molecular weight is 439 g/mol. The number of amides is 1. The van der Waals surface area contributed by atoms with Crippen molar-refractivity contribution in [3.05, 3.63) is 80.7 Å². The summed E-state index contributed by atoms with van der Waals surface area (Å²) in [5.41, 5.74) is 2.55. The summed E-state index contributed by atoms with van der Waals surface area (Å²) in [7, 11) is 0. The van der Waals surface area contributed by atoms with Crippen molar-refractivity contribution in [3.8, 4) is 0 Å². The molecule has 0 bridgehead atoms. The maximum absolute atomic E-state index is 12.8. The molecule has 0 spiro atoms. The summed E-state index contributed by atoms with van der Waals surface area (Å²) >= 11 is 5.96. The lowest BCUT2D eigenvalue weighted by atomic mass is 9.99. The Morgan fingerprint density at radius 2 is 1.84 bits per heavy atom. The minimum atomic E-state index is -0.388. The highest BCUT2D eigenvalue weighted by atomic mass is 35.5. The number of halogens is 1. The summed E-state index contributed by atoms with van der Waals surface area (Å²) < 4.78 is 5.69. The predicted molar refractivity (Wildman–Crippen MR) is 124 cm³/mol. The number of carbonyl (C=O) groups is 1. The summed E-state index contributed by atoms with van der Waals surface area (Å²) in [6, 6.07) is 14.7. The zero-order chi connectivity index (χ0) is 21.8. The van der Waals surface area contributed by atoms with Gasteiger partial charge in [0.2, 0.25) is 0 Å². The lowest BCUT2D eigenvalue weighted by Crippen LogP contribution is -2.40. The molecule has 0 saturated carbocycles. The van der Waals surface area contributed by atoms with Gasteiger partial charge in [-0.2, -0.15) is 0 Å². The molecule has 1 saturated heterocycles. The molecule has 0 unspecified atom stereocenters. The Hall–Kier alpha value is -2.63. The monoisotopic (exact) mass is 438 g/mol. The summed E-state index contributed by atoms with van der Waals surface area (Å²) in [6.07, 6.45) is 4.58. The summed E-state index contributed by atoms with van der Waals surface area (Å²) in [5.74, 6) is -0.375. The standard InChI is InChI=1S/C25H27ClN2O3/c1-2-17-6-8-18(9-7-17)21(28-12-4-3-5-13-28)16-27-25(30)24-15-22(29)20-14-19(26)10-11-23(20)31-24/h6-11,14-15,21H,2-5,12-13,16H2,1H3,(H,27,30)/t21-/m0/s1. The highest BCUT2D eigenvalue weighted by Crippen LogP contribution is 2.25. The minimum Gasteiger partial charge on any atom is -0.451 e. The molecule has 1 aliphatic heterocycles. The smallest absolute Gasteiger partial charge is 0.287 e. The van der Waals surface area contributed by atoms with Crippen LogP contribution in [0.1, 0.15) is 53.9 Å². The van der Waals surface area contributed by atoms with Crippen LogP contribution in [0, 0.1) is 0 Å². The first-order valence-corrected chi connectivity index (χ1v) is 11.3. The zero-order valence-corrected chi connectivity index (χ0v) is 18.5. The van der Waals surface area contributed by atoms with Gasteiger partial charge in [0.05, 0.1) is 11.4 Å². The van der Waals surface area contributed by atoms with Crippen LogP contribution in [0.3, 0.4) is 0 Å². The normalized spacial score (nSPS) is 15.7. The van der Waals surface area contributed by atoms with Crippen LogP contribution in [0.2, 0.25) is 5.02 Å². The van der Waals surface area contributed by atoms with E-state index in [4.69, 9.17) is 16.0 Å². The Labute approximate surface area is 187 Å². The van der Waals surface area contributed by atoms with Crippen molar-refractivity contribution in [2.24, 2.45) is 0 Å². The first kappa shape index (κ1) is 21.6. The number of carbonyl (C=O) groups excluding carboxylic acids is 1. The third-order valence-corrected chi connectivity index (χ3v) is 6.21. The van der Waals surface area contributed by atoms with Gasteiger partial charge in [-0.3, -0.25) is 14.5 Å². The van der Waals surface area contributed by atoms with Crippen molar-refractivity contribution in [2.45, 2.75) is 38.6 Å². The van der Waals surface area contributed by atoms with E-state index in [9.17, 15) is 9.59 Å². The number of benzene rings is 2. The van der Waals surface area contributed by atoms with E-state index in [-0.39, 0.29) is 23.1 Å². The molecule has 2 aromatic carbocycles. The molecule has 3 aromatic rings. The van der Waals surface area contributed by atoms with Gasteiger partial charge in [-0.1, -0.05) is 49.2 Å². The first-order chi connectivity index (χ1) is 15.0. The molecule has 1 fully saturated rings. The highest BCUT2D eigenvalue weighted by Gasteiger charge is 2.24. The Balaban J connectivity index is 1.54. The molecule has 6 heteroatoms. The SMILES string of the molecule is CCc1ccc([C@H](CNC(=O)c2cc(=O)c3cc(Cl)ccc3o2)N2CCCCC2)cc1. The Morgan fingerprint density at radius 3 is 2.55 bits per heavy atom. The average Bonchev–Trinajstić information content (AvgIpc) is 2.80. The van der Waals surface area contributed by atoms with E-state index in [1.165, 1.54) is 36.5 Å². The highest BCUT2D eigenvalue weighted by molar-refractivity contribution is 6.31. The zero-order valence-electron chi connectivity index (χ0n) is 17.7. The summed E-state index contributed by atoms with van der Waals surface area (Å²) in [4.78, 5) is 27.7. The third-order valence-electron chi connectivity index (χ3n) is 5.97. The molecular formula is C25H27ClN2O3. The van der Waals surface area contributed by atoms with Crippen LogP contribution in [0.4, 0.5) is 0 Å². The Bertz CT molecular complexity index is 1120. The van der Waals surface area contributed by atoms with Crippen molar-refractivity contribution in [1.29, 1.82) is 0 Å². The number of nitrogens with zero attached hydrogens (tertiary/aromatic N) is 1. The summed E-state index contributed by atoms with van der Waals surface area (Å²) in [5, 5.41) is 3.81. The molecule has 162 valence electrons. The van der Waals surface area contributed by atoms with E-state index >= 15 is 0 Å². The number of hydrogen-bond donors (Lipinski definition) is 1. The quantitative estimate of drug-likeness (QED) is 0.590. The van der Waals surface area contributed by atoms with E-state index < -0.39 is 0 Å². The van der Waals surface area contributed by atoms with E-state index in [0.29, 0.717) is 22.5 Å². The maximum atomic E-state index is 12.8. The van der Waals surface area contributed by atoms with E-state index in [1.807, 2.05) is 0 Å². The van der Waals surface area contributed by atoms with Crippen molar-refractivity contribution >= 4 is 28.5 Å². The topological polar surface area (TPSA) is 62.6 Å². The van der Waals surface area contributed by atoms with Crippen LogP contribution < -0.4 is 10.7 Å². The molecule has 5 nitrogen and oxygen atoms in total. The minimum absolute atomic E-state index is 0.0125. The molecule has 4 rings (SSSR count). The van der Waals surface area contributed by atoms with E-state index in [0.717, 1.165) is 19.5 Å². The molecule has 1 N–H and O–H groups in total. The van der Waals surface area contributed by atoms with Gasteiger partial charge in [-0.15, -0.1) is 0 Å². The molecule has 1 aliphatic rings. The van der Waals surface area contributed by atoms with Crippen molar-refractivity contribution in [1.82, 2.24) is 10.2 Å². The van der Waals surface area contributed by atoms with E-state index in [1.54, 1.807) is 18.2 Å². The lowest BCUT2D eigenvalue weighted by Gasteiger charge is -2.35. The van der Waals surface area contributed by atoms with Gasteiger partial charge >= 0.3 is 0 Å². The number of fused-ring (bicyclic) bond motifs is 1. The number of likely N-dealkylation sites (tertiary alicyclic amines) is 1. The largest absolute Gasteiger partial charge is 0.451 e. The third kappa shape index (κ3) is 5.00. The lowest BCUT2D eigenvalue weighted by molar-refractivity contribution is 0.0897. The van der Waals surface area contributed by atoms with Gasteiger partial charge < -0.3 is 9.73 Å². The van der Waals surface area contributed by atoms with Crippen molar-refractivity contribution in [3.63, 3.8) is 0 Å². The number of hydrogen-bond acceptors (Lipinski definition) is 4. The van der Waals surface area contributed by atoms with Gasteiger partial charge in [0.1, 0.15) is 5.58 Å². The second-order valence-corrected chi connectivity index (χ2v) is 8.47. The number of nitrogens with one attached hydrogen (secondary N) is 1. The Morgan fingerprint density at radius 1 is 1.10 bits per heavy atom. The van der Waals surface area contributed by atoms with Crippen LogP contribution in [-0.2, 0) is 6.42 Å². The van der Waals surface area contributed by atoms with Crippen LogP contribution >= 0.6 is 11.6 Å². The number of piperidine rings is 1. The van der Waals surface area contributed by atoms with Gasteiger partial charge in [0, 0.05) is 17.6 Å². The van der Waals surface area contributed by atoms with Gasteiger partial charge in [0.25, 0.3) is 5.91 Å². The van der Waals surface area contributed by atoms with Crippen molar-refractivity contribution < 1.29 is 9.21 Å². The second kappa shape index (κ2) is 9.67. The van der Waals surface area contributed by atoms with Crippen LogP contribution in [-0.4, -0.2) is 30.4 Å². The van der Waals surface area contributed by atoms with Gasteiger partial charge in [-0.05, 0) is 61.7 Å². The molecule has 1 amide bonds. The number of aryl methyl sites for hydroxylation is 1. The van der Waals surface area contributed by atoms with Gasteiger partial charge in [-0.25, -0.2) is 0 Å². The van der Waals surface area contributed by atoms with Crippen LogP contribution in [0.5, 0.6) is 0 Å². The first-order valence-electron chi connectivity index (χ1n) is 10.9. The van der Waals surface area contributed by atoms with E-state index in [2.05, 4.69) is 41.4 Å². The molecule has 2 heterocycles. The van der Waals surface area contributed by atoms with Crippen LogP contribution in [0.25, 0.3) is 11.0 Å². The second-order valence-electron chi connectivity index (χ2n) is 8.03.